The molecule has 4 aromatic rings. The Morgan fingerprint density at radius 2 is 1.06 bits per heavy atom. The van der Waals surface area contributed by atoms with Gasteiger partial charge in [-0.2, -0.15) is 0 Å². The van der Waals surface area contributed by atoms with Crippen LogP contribution in [0.5, 0.6) is 11.5 Å². The summed E-state index contributed by atoms with van der Waals surface area (Å²) in [6, 6.07) is 11.6. The van der Waals surface area contributed by atoms with E-state index in [4.69, 9.17) is 33.7 Å². The lowest BCUT2D eigenvalue weighted by atomic mass is 10.1. The van der Waals surface area contributed by atoms with Crippen LogP contribution in [0.1, 0.15) is 0 Å². The summed E-state index contributed by atoms with van der Waals surface area (Å²) in [5.41, 5.74) is 4.68. The van der Waals surface area contributed by atoms with Crippen LogP contribution in [-0.4, -0.2) is 85.9 Å². The molecule has 0 radical (unpaired) electrons. The van der Waals surface area contributed by atoms with E-state index in [1.807, 2.05) is 48.8 Å². The number of benzene rings is 1. The monoisotopic (exact) mass is 493 g/mol. The minimum atomic E-state index is 0.372. The largest absolute Gasteiger partial charge is 0.487 e. The van der Waals surface area contributed by atoms with Crippen molar-refractivity contribution in [2.45, 2.75) is 0 Å². The number of ether oxygens (including phenoxy) is 5. The summed E-state index contributed by atoms with van der Waals surface area (Å²) >= 11 is 0. The SMILES string of the molecule is c1c[nH]c(-c2nc3cc4c(cc3nc2-c2ccc[nH]2)OCCOCCOCCNCCOCCO4)c1. The molecule has 36 heavy (non-hydrogen) atoms. The fraction of sp³-hybridized carbons (Fsp3) is 0.385. The zero-order chi connectivity index (χ0) is 24.4. The van der Waals surface area contributed by atoms with Crippen molar-refractivity contribution in [2.24, 2.45) is 0 Å². The van der Waals surface area contributed by atoms with Gasteiger partial charge in [0.1, 0.15) is 24.6 Å². The number of nitrogens with one attached hydrogen (secondary N) is 3. The summed E-state index contributed by atoms with van der Waals surface area (Å²) in [5, 5.41) is 3.29. The van der Waals surface area contributed by atoms with Gasteiger partial charge in [0, 0.05) is 37.6 Å². The third-order valence-electron chi connectivity index (χ3n) is 5.62. The summed E-state index contributed by atoms with van der Waals surface area (Å²) < 4.78 is 29.0. The minimum Gasteiger partial charge on any atom is -0.487 e. The number of fused-ring (bicyclic) bond motifs is 2. The summed E-state index contributed by atoms with van der Waals surface area (Å²) in [7, 11) is 0. The summed E-state index contributed by atoms with van der Waals surface area (Å²) in [5.74, 6) is 1.18. The highest BCUT2D eigenvalue weighted by Gasteiger charge is 2.17. The van der Waals surface area contributed by atoms with Gasteiger partial charge in [0.15, 0.2) is 11.5 Å². The van der Waals surface area contributed by atoms with E-state index in [1.54, 1.807) is 0 Å². The molecule has 0 atom stereocenters. The second-order valence-electron chi connectivity index (χ2n) is 8.16. The molecule has 0 bridgehead atoms. The molecule has 0 unspecified atom stereocenters. The van der Waals surface area contributed by atoms with E-state index in [1.165, 1.54) is 0 Å². The molecule has 1 aliphatic heterocycles. The summed E-state index contributed by atoms with van der Waals surface area (Å²) in [6.07, 6.45) is 3.74. The van der Waals surface area contributed by atoms with E-state index in [0.29, 0.717) is 75.4 Å². The molecule has 3 N–H and O–H groups in total. The van der Waals surface area contributed by atoms with Crippen molar-refractivity contribution in [3.05, 3.63) is 48.8 Å². The maximum Gasteiger partial charge on any atom is 0.163 e. The first-order chi connectivity index (χ1) is 17.9. The lowest BCUT2D eigenvalue weighted by Gasteiger charge is -2.16. The van der Waals surface area contributed by atoms with Crippen LogP contribution >= 0.6 is 0 Å². The van der Waals surface area contributed by atoms with Gasteiger partial charge >= 0.3 is 0 Å². The van der Waals surface area contributed by atoms with Crippen molar-refractivity contribution >= 4 is 11.0 Å². The maximum absolute atomic E-state index is 6.06. The highest BCUT2D eigenvalue weighted by Crippen LogP contribution is 2.35. The Labute approximate surface area is 209 Å². The van der Waals surface area contributed by atoms with E-state index in [2.05, 4.69) is 15.3 Å². The molecule has 5 rings (SSSR count). The van der Waals surface area contributed by atoms with Crippen LogP contribution in [0.15, 0.2) is 48.8 Å². The van der Waals surface area contributed by atoms with Gasteiger partial charge in [0.2, 0.25) is 0 Å². The Hall–Kier alpha value is -3.44. The third kappa shape index (κ3) is 6.21. The predicted molar refractivity (Wildman–Crippen MR) is 135 cm³/mol. The molecular formula is C26H31N5O5. The molecule has 10 heteroatoms. The van der Waals surface area contributed by atoms with E-state index in [0.717, 1.165) is 35.9 Å². The van der Waals surface area contributed by atoms with Crippen LogP contribution in [0.2, 0.25) is 0 Å². The average molecular weight is 494 g/mol. The first-order valence-corrected chi connectivity index (χ1v) is 12.2. The third-order valence-corrected chi connectivity index (χ3v) is 5.62. The van der Waals surface area contributed by atoms with Crippen molar-refractivity contribution in [1.82, 2.24) is 25.3 Å². The van der Waals surface area contributed by atoms with Gasteiger partial charge in [-0.1, -0.05) is 0 Å². The Morgan fingerprint density at radius 1 is 0.583 bits per heavy atom. The number of hydrogen-bond donors (Lipinski definition) is 3. The van der Waals surface area contributed by atoms with E-state index in [-0.39, 0.29) is 0 Å². The number of rotatable bonds is 2. The Kier molecular flexibility index (Phi) is 8.42. The Morgan fingerprint density at radius 3 is 1.53 bits per heavy atom. The quantitative estimate of drug-likeness (QED) is 0.390. The van der Waals surface area contributed by atoms with E-state index in [9.17, 15) is 0 Å². The van der Waals surface area contributed by atoms with Gasteiger partial charge in [-0.3, -0.25) is 0 Å². The fourth-order valence-electron chi connectivity index (χ4n) is 3.88. The maximum atomic E-state index is 6.06. The zero-order valence-corrected chi connectivity index (χ0v) is 20.1. The molecule has 3 aromatic heterocycles. The van der Waals surface area contributed by atoms with Gasteiger partial charge in [-0.15, -0.1) is 0 Å². The van der Waals surface area contributed by atoms with Crippen molar-refractivity contribution < 1.29 is 23.7 Å². The van der Waals surface area contributed by atoms with Gasteiger partial charge in [0.25, 0.3) is 0 Å². The molecule has 0 fully saturated rings. The molecule has 1 aliphatic rings. The van der Waals surface area contributed by atoms with Crippen LogP contribution in [0, 0.1) is 0 Å². The van der Waals surface area contributed by atoms with Crippen LogP contribution in [0.25, 0.3) is 33.8 Å². The molecule has 190 valence electrons. The van der Waals surface area contributed by atoms with Crippen molar-refractivity contribution in [3.63, 3.8) is 0 Å². The fourth-order valence-corrected chi connectivity index (χ4v) is 3.88. The predicted octanol–water partition coefficient (Wildman–Crippen LogP) is 3.03. The summed E-state index contributed by atoms with van der Waals surface area (Å²) in [4.78, 5) is 16.4. The van der Waals surface area contributed by atoms with Crippen molar-refractivity contribution in [2.75, 3.05) is 65.9 Å². The standard InChI is InChI=1S/C26H31N5O5/c1-3-19(28-5-1)25-26(20-4-2-6-29-20)31-22-18-24-23(17-21(22)30-25)35-15-13-33-10-8-27-7-9-32-11-12-34-14-16-36-24/h1-6,17-18,27-29H,7-16H2. The van der Waals surface area contributed by atoms with Gasteiger partial charge in [-0.25, -0.2) is 9.97 Å². The lowest BCUT2D eigenvalue weighted by Crippen LogP contribution is -2.25. The average Bonchev–Trinajstić information content (AvgIpc) is 3.62. The number of nitrogens with zero attached hydrogens (tertiary/aromatic N) is 2. The second-order valence-corrected chi connectivity index (χ2v) is 8.16. The van der Waals surface area contributed by atoms with Gasteiger partial charge < -0.3 is 39.0 Å². The molecular weight excluding hydrogens is 462 g/mol. The zero-order valence-electron chi connectivity index (χ0n) is 20.1. The number of aromatic amines is 2. The van der Waals surface area contributed by atoms with E-state index >= 15 is 0 Å². The van der Waals surface area contributed by atoms with Gasteiger partial charge in [-0.05, 0) is 24.3 Å². The van der Waals surface area contributed by atoms with Crippen LogP contribution in [-0.2, 0) is 14.2 Å². The smallest absolute Gasteiger partial charge is 0.163 e. The lowest BCUT2D eigenvalue weighted by molar-refractivity contribution is 0.0353. The van der Waals surface area contributed by atoms with Crippen LogP contribution in [0.3, 0.4) is 0 Å². The summed E-state index contributed by atoms with van der Waals surface area (Å²) in [6.45, 7) is 5.49. The topological polar surface area (TPSA) is 116 Å². The molecule has 0 amide bonds. The molecule has 0 saturated heterocycles. The molecule has 4 heterocycles. The van der Waals surface area contributed by atoms with Crippen molar-refractivity contribution in [3.8, 4) is 34.3 Å². The van der Waals surface area contributed by atoms with Crippen LogP contribution < -0.4 is 14.8 Å². The number of aromatic nitrogens is 4. The molecule has 0 spiro atoms. The highest BCUT2D eigenvalue weighted by molar-refractivity contribution is 5.86. The molecule has 0 aliphatic carbocycles. The second kappa shape index (κ2) is 12.5. The van der Waals surface area contributed by atoms with Crippen molar-refractivity contribution in [1.29, 1.82) is 0 Å². The van der Waals surface area contributed by atoms with Crippen LogP contribution in [0.4, 0.5) is 0 Å². The molecule has 10 nitrogen and oxygen atoms in total. The highest BCUT2D eigenvalue weighted by atomic mass is 16.6. The first-order valence-electron chi connectivity index (χ1n) is 12.2. The molecule has 1 aromatic carbocycles. The van der Waals surface area contributed by atoms with Gasteiger partial charge in [0.05, 0.1) is 62.1 Å². The normalized spacial score (nSPS) is 16.9. The number of hydrogen-bond acceptors (Lipinski definition) is 8. The molecule has 0 saturated carbocycles. The minimum absolute atomic E-state index is 0.372. The number of H-pyrrole nitrogens is 2. The first kappa shape index (κ1) is 24.3. The Balaban J connectivity index is 1.44. The van der Waals surface area contributed by atoms with E-state index < -0.39 is 0 Å². The Bertz CT molecular complexity index is 1120.